The summed E-state index contributed by atoms with van der Waals surface area (Å²) in [5.74, 6) is 2.36. The second kappa shape index (κ2) is 6.17. The molecule has 3 nitrogen and oxygen atoms in total. The lowest BCUT2D eigenvalue weighted by Crippen LogP contribution is -2.45. The summed E-state index contributed by atoms with van der Waals surface area (Å²) in [5.41, 5.74) is 6.28. The van der Waals surface area contributed by atoms with Crippen LogP contribution in [0.5, 0.6) is 0 Å². The number of nitrogens with two attached hydrogens (primary N) is 1. The lowest BCUT2D eigenvalue weighted by molar-refractivity contribution is 0.134. The van der Waals surface area contributed by atoms with E-state index in [4.69, 9.17) is 10.5 Å². The van der Waals surface area contributed by atoms with E-state index in [1.165, 1.54) is 25.9 Å². The Kier molecular flexibility index (Phi) is 4.83. The molecule has 17 heavy (non-hydrogen) atoms. The minimum absolute atomic E-state index is 0.313. The molecule has 0 aromatic heterocycles. The third kappa shape index (κ3) is 3.67. The van der Waals surface area contributed by atoms with Crippen LogP contribution in [-0.4, -0.2) is 43.8 Å². The average molecular weight is 240 g/mol. The lowest BCUT2D eigenvalue weighted by atomic mass is 9.86. The van der Waals surface area contributed by atoms with Crippen molar-refractivity contribution >= 4 is 0 Å². The van der Waals surface area contributed by atoms with Gasteiger partial charge in [-0.05, 0) is 44.2 Å². The molecule has 2 aliphatic heterocycles. The van der Waals surface area contributed by atoms with Gasteiger partial charge in [-0.1, -0.05) is 13.8 Å². The van der Waals surface area contributed by atoms with Crippen molar-refractivity contribution < 1.29 is 4.74 Å². The van der Waals surface area contributed by atoms with Gasteiger partial charge in [-0.3, -0.25) is 0 Å². The monoisotopic (exact) mass is 240 g/mol. The Balaban J connectivity index is 1.70. The van der Waals surface area contributed by atoms with Crippen LogP contribution in [-0.2, 0) is 4.74 Å². The number of piperidine rings is 1. The summed E-state index contributed by atoms with van der Waals surface area (Å²) in [6.07, 6.45) is 3.86. The van der Waals surface area contributed by atoms with Crippen molar-refractivity contribution in [1.82, 2.24) is 4.90 Å². The summed E-state index contributed by atoms with van der Waals surface area (Å²) in [6, 6.07) is 0.313. The van der Waals surface area contributed by atoms with Gasteiger partial charge in [0.05, 0.1) is 6.61 Å². The Bertz CT molecular complexity index is 218. The van der Waals surface area contributed by atoms with E-state index in [0.717, 1.165) is 38.0 Å². The van der Waals surface area contributed by atoms with Crippen molar-refractivity contribution in [3.8, 4) is 0 Å². The van der Waals surface area contributed by atoms with Crippen molar-refractivity contribution in [3.63, 3.8) is 0 Å². The minimum Gasteiger partial charge on any atom is -0.381 e. The van der Waals surface area contributed by atoms with Gasteiger partial charge in [-0.25, -0.2) is 0 Å². The van der Waals surface area contributed by atoms with Gasteiger partial charge in [0.2, 0.25) is 0 Å². The van der Waals surface area contributed by atoms with Gasteiger partial charge in [-0.2, -0.15) is 0 Å². The SMILES string of the molecule is CC(C)C1CCN(CC(N)C2CCOC2)CC1. The lowest BCUT2D eigenvalue weighted by Gasteiger charge is -2.36. The molecule has 2 rings (SSSR count). The van der Waals surface area contributed by atoms with Crippen LogP contribution in [0, 0.1) is 17.8 Å². The molecule has 0 aromatic rings. The van der Waals surface area contributed by atoms with Crippen LogP contribution >= 0.6 is 0 Å². The third-order valence-corrected chi connectivity index (χ3v) is 4.61. The second-order valence-electron chi connectivity index (χ2n) is 6.17. The highest BCUT2D eigenvalue weighted by atomic mass is 16.5. The molecular weight excluding hydrogens is 212 g/mol. The molecule has 2 aliphatic rings. The Labute approximate surface area is 106 Å². The zero-order valence-corrected chi connectivity index (χ0v) is 11.4. The van der Waals surface area contributed by atoms with Crippen molar-refractivity contribution in [2.45, 2.75) is 39.2 Å². The molecule has 0 bridgehead atoms. The van der Waals surface area contributed by atoms with Crippen LogP contribution < -0.4 is 5.73 Å². The van der Waals surface area contributed by atoms with E-state index in [9.17, 15) is 0 Å². The maximum Gasteiger partial charge on any atom is 0.0510 e. The van der Waals surface area contributed by atoms with Gasteiger partial charge in [-0.15, -0.1) is 0 Å². The average Bonchev–Trinajstić information content (AvgIpc) is 2.83. The second-order valence-corrected chi connectivity index (χ2v) is 6.17. The van der Waals surface area contributed by atoms with E-state index in [-0.39, 0.29) is 0 Å². The fourth-order valence-corrected chi connectivity index (χ4v) is 3.14. The first-order valence-electron chi connectivity index (χ1n) is 7.22. The molecule has 2 heterocycles. The van der Waals surface area contributed by atoms with Gasteiger partial charge in [0.15, 0.2) is 0 Å². The van der Waals surface area contributed by atoms with E-state index in [2.05, 4.69) is 18.7 Å². The summed E-state index contributed by atoms with van der Waals surface area (Å²) in [6.45, 7) is 10.0. The van der Waals surface area contributed by atoms with Crippen molar-refractivity contribution in [2.24, 2.45) is 23.5 Å². The molecule has 0 saturated carbocycles. The van der Waals surface area contributed by atoms with Gasteiger partial charge in [0, 0.05) is 25.1 Å². The largest absolute Gasteiger partial charge is 0.381 e. The molecule has 0 aromatic carbocycles. The van der Waals surface area contributed by atoms with Crippen LogP contribution in [0.4, 0.5) is 0 Å². The van der Waals surface area contributed by atoms with Crippen molar-refractivity contribution in [3.05, 3.63) is 0 Å². The highest BCUT2D eigenvalue weighted by molar-refractivity contribution is 4.82. The fourth-order valence-electron chi connectivity index (χ4n) is 3.14. The first-order chi connectivity index (χ1) is 8.16. The van der Waals surface area contributed by atoms with Crippen LogP contribution in [0.25, 0.3) is 0 Å². The first kappa shape index (κ1) is 13.3. The van der Waals surface area contributed by atoms with E-state index in [1.807, 2.05) is 0 Å². The highest BCUT2D eigenvalue weighted by Gasteiger charge is 2.27. The number of hydrogen-bond acceptors (Lipinski definition) is 3. The Morgan fingerprint density at radius 3 is 2.41 bits per heavy atom. The van der Waals surface area contributed by atoms with Crippen LogP contribution in [0.3, 0.4) is 0 Å². The molecule has 100 valence electrons. The number of rotatable bonds is 4. The topological polar surface area (TPSA) is 38.5 Å². The van der Waals surface area contributed by atoms with E-state index in [1.54, 1.807) is 0 Å². The van der Waals surface area contributed by atoms with Gasteiger partial charge < -0.3 is 15.4 Å². The predicted molar refractivity (Wildman–Crippen MR) is 70.9 cm³/mol. The Hall–Kier alpha value is -0.120. The number of ether oxygens (including phenoxy) is 1. The van der Waals surface area contributed by atoms with Gasteiger partial charge in [0.25, 0.3) is 0 Å². The first-order valence-corrected chi connectivity index (χ1v) is 7.22. The van der Waals surface area contributed by atoms with Crippen LogP contribution in [0.1, 0.15) is 33.1 Å². The molecular formula is C14H28N2O. The number of likely N-dealkylation sites (tertiary alicyclic amines) is 1. The van der Waals surface area contributed by atoms with Gasteiger partial charge >= 0.3 is 0 Å². The van der Waals surface area contributed by atoms with Crippen molar-refractivity contribution in [2.75, 3.05) is 32.8 Å². The summed E-state index contributed by atoms with van der Waals surface area (Å²) < 4.78 is 5.42. The maximum absolute atomic E-state index is 6.28. The Morgan fingerprint density at radius 2 is 1.88 bits per heavy atom. The fraction of sp³-hybridized carbons (Fsp3) is 1.00. The molecule has 0 amide bonds. The molecule has 2 saturated heterocycles. The van der Waals surface area contributed by atoms with Crippen LogP contribution in [0.2, 0.25) is 0 Å². The molecule has 2 N–H and O–H groups in total. The molecule has 0 spiro atoms. The van der Waals surface area contributed by atoms with Crippen molar-refractivity contribution in [1.29, 1.82) is 0 Å². The molecule has 0 aliphatic carbocycles. The smallest absolute Gasteiger partial charge is 0.0510 e. The highest BCUT2D eigenvalue weighted by Crippen LogP contribution is 2.25. The summed E-state index contributed by atoms with van der Waals surface area (Å²) in [4.78, 5) is 2.56. The number of nitrogens with zero attached hydrogens (tertiary/aromatic N) is 1. The van der Waals surface area contributed by atoms with Crippen LogP contribution in [0.15, 0.2) is 0 Å². The normalized spacial score (nSPS) is 30.0. The Morgan fingerprint density at radius 1 is 1.18 bits per heavy atom. The molecule has 2 fully saturated rings. The summed E-state index contributed by atoms with van der Waals surface area (Å²) in [5, 5.41) is 0. The standard InChI is InChI=1S/C14H28N2O/c1-11(2)12-3-6-16(7-4-12)9-14(15)13-5-8-17-10-13/h11-14H,3-10,15H2,1-2H3. The minimum atomic E-state index is 0.313. The number of hydrogen-bond donors (Lipinski definition) is 1. The molecule has 0 radical (unpaired) electrons. The van der Waals surface area contributed by atoms with E-state index >= 15 is 0 Å². The van der Waals surface area contributed by atoms with Gasteiger partial charge in [0.1, 0.15) is 0 Å². The summed E-state index contributed by atoms with van der Waals surface area (Å²) >= 11 is 0. The third-order valence-electron chi connectivity index (χ3n) is 4.61. The maximum atomic E-state index is 6.28. The molecule has 3 heteroatoms. The van der Waals surface area contributed by atoms with E-state index in [0.29, 0.717) is 12.0 Å². The molecule has 2 atom stereocenters. The predicted octanol–water partition coefficient (Wildman–Crippen LogP) is 1.72. The molecule has 2 unspecified atom stereocenters. The zero-order valence-electron chi connectivity index (χ0n) is 11.4. The summed E-state index contributed by atoms with van der Waals surface area (Å²) in [7, 11) is 0. The quantitative estimate of drug-likeness (QED) is 0.813. The van der Waals surface area contributed by atoms with E-state index < -0.39 is 0 Å². The zero-order chi connectivity index (χ0) is 12.3.